The monoisotopic (exact) mass is 268 g/mol. The van der Waals surface area contributed by atoms with Gasteiger partial charge in [0.2, 0.25) is 11.6 Å². The van der Waals surface area contributed by atoms with Crippen LogP contribution in [0.25, 0.3) is 0 Å². The minimum atomic E-state index is -0.445. The Balaban J connectivity index is 2.21. The molecule has 7 nitrogen and oxygen atoms in total. The summed E-state index contributed by atoms with van der Waals surface area (Å²) in [4.78, 5) is 14.6. The van der Waals surface area contributed by atoms with Crippen LogP contribution in [0.4, 0.5) is 11.6 Å². The van der Waals surface area contributed by atoms with Crippen molar-refractivity contribution in [1.29, 1.82) is 0 Å². The average Bonchev–Trinajstić information content (AvgIpc) is 2.56. The fraction of sp³-hybridized carbons (Fsp3) is 0.750. The van der Waals surface area contributed by atoms with Gasteiger partial charge in [-0.3, -0.25) is 4.57 Å². The van der Waals surface area contributed by atoms with E-state index in [-0.39, 0.29) is 17.5 Å². The number of nitrogens with one attached hydrogen (secondary N) is 1. The van der Waals surface area contributed by atoms with Gasteiger partial charge in [0, 0.05) is 26.6 Å². The predicted octanol–water partition coefficient (Wildman–Crippen LogP) is 2.01. The number of imidazole rings is 1. The molecular formula is C12H20N4O3. The molecule has 1 aromatic rings. The van der Waals surface area contributed by atoms with Gasteiger partial charge in [0.1, 0.15) is 0 Å². The molecule has 2 heterocycles. The normalized spacial score (nSPS) is 22.2. The van der Waals surface area contributed by atoms with Crippen molar-refractivity contribution < 1.29 is 9.66 Å². The molecule has 0 spiro atoms. The number of nitrogens with zero attached hydrogens (tertiary/aromatic N) is 3. The Kier molecular flexibility index (Phi) is 3.49. The van der Waals surface area contributed by atoms with E-state index >= 15 is 0 Å². The smallest absolute Gasteiger partial charge is 0.375 e. The van der Waals surface area contributed by atoms with Crippen LogP contribution in [0.3, 0.4) is 0 Å². The van der Waals surface area contributed by atoms with Gasteiger partial charge in [-0.15, -0.1) is 0 Å². The molecule has 0 saturated carbocycles. The van der Waals surface area contributed by atoms with Gasteiger partial charge >= 0.3 is 5.82 Å². The van der Waals surface area contributed by atoms with Crippen molar-refractivity contribution in [2.24, 2.45) is 7.05 Å². The average molecular weight is 268 g/mol. The van der Waals surface area contributed by atoms with E-state index in [2.05, 4.69) is 10.3 Å². The number of ether oxygens (including phenoxy) is 1. The molecule has 1 aliphatic rings. The maximum Gasteiger partial charge on any atom is 0.406 e. The van der Waals surface area contributed by atoms with E-state index in [0.29, 0.717) is 18.2 Å². The molecule has 1 aromatic heterocycles. The van der Waals surface area contributed by atoms with Crippen LogP contribution in [-0.4, -0.2) is 32.7 Å². The van der Waals surface area contributed by atoms with Gasteiger partial charge in [-0.05, 0) is 36.6 Å². The molecule has 0 aliphatic carbocycles. The van der Waals surface area contributed by atoms with Crippen LogP contribution in [0, 0.1) is 17.0 Å². The molecule has 1 saturated heterocycles. The maximum atomic E-state index is 11.0. The van der Waals surface area contributed by atoms with Crippen molar-refractivity contribution >= 4 is 11.6 Å². The summed E-state index contributed by atoms with van der Waals surface area (Å²) in [5.74, 6) is 0.995. The van der Waals surface area contributed by atoms with Gasteiger partial charge < -0.3 is 20.2 Å². The third-order valence-electron chi connectivity index (χ3n) is 3.51. The first kappa shape index (κ1) is 13.8. The molecular weight excluding hydrogens is 248 g/mol. The van der Waals surface area contributed by atoms with Crippen molar-refractivity contribution in [3.8, 4) is 0 Å². The van der Waals surface area contributed by atoms with Gasteiger partial charge in [0.25, 0.3) is 0 Å². The van der Waals surface area contributed by atoms with E-state index in [4.69, 9.17) is 4.74 Å². The van der Waals surface area contributed by atoms with Crippen LogP contribution < -0.4 is 5.32 Å². The number of nitro groups is 1. The first-order valence-corrected chi connectivity index (χ1v) is 6.38. The van der Waals surface area contributed by atoms with Gasteiger partial charge in [-0.25, -0.2) is 0 Å². The maximum absolute atomic E-state index is 11.0. The minimum absolute atomic E-state index is 0.107. The van der Waals surface area contributed by atoms with Crippen LogP contribution in [0.2, 0.25) is 0 Å². The number of anilines is 1. The van der Waals surface area contributed by atoms with Crippen molar-refractivity contribution in [2.75, 3.05) is 11.9 Å². The molecule has 1 unspecified atom stereocenters. The van der Waals surface area contributed by atoms with Crippen molar-refractivity contribution in [3.05, 3.63) is 15.9 Å². The molecule has 0 radical (unpaired) electrons. The highest BCUT2D eigenvalue weighted by molar-refractivity contribution is 5.54. The Hall–Kier alpha value is -1.63. The molecule has 0 bridgehead atoms. The summed E-state index contributed by atoms with van der Waals surface area (Å²) in [6, 6.07) is 0.164. The topological polar surface area (TPSA) is 82.2 Å². The quantitative estimate of drug-likeness (QED) is 0.669. The molecule has 1 fully saturated rings. The standard InChI is InChI=1S/C12H20N4O3/c1-8-13-11(16(17)18)10(15(8)4)14-9-5-6-19-12(2,3)7-9/h9,14H,5-7H2,1-4H3. The van der Waals surface area contributed by atoms with E-state index in [0.717, 1.165) is 12.8 Å². The summed E-state index contributed by atoms with van der Waals surface area (Å²) >= 11 is 0. The molecule has 1 N–H and O–H groups in total. The van der Waals surface area contributed by atoms with E-state index in [9.17, 15) is 10.1 Å². The largest absolute Gasteiger partial charge is 0.406 e. The summed E-state index contributed by atoms with van der Waals surface area (Å²) in [6.07, 6.45) is 1.65. The molecule has 0 aromatic carbocycles. The lowest BCUT2D eigenvalue weighted by Gasteiger charge is -2.36. The molecule has 1 atom stereocenters. The van der Waals surface area contributed by atoms with E-state index in [1.165, 1.54) is 0 Å². The SMILES string of the molecule is Cc1nc([N+](=O)[O-])c(NC2CCOC(C)(C)C2)n1C. The van der Waals surface area contributed by atoms with E-state index in [1.807, 2.05) is 13.8 Å². The van der Waals surface area contributed by atoms with E-state index in [1.54, 1.807) is 18.5 Å². The van der Waals surface area contributed by atoms with Gasteiger partial charge in [-0.1, -0.05) is 0 Å². The predicted molar refractivity (Wildman–Crippen MR) is 71.3 cm³/mol. The zero-order valence-corrected chi connectivity index (χ0v) is 11.8. The molecule has 7 heteroatoms. The highest BCUT2D eigenvalue weighted by Crippen LogP contribution is 2.30. The zero-order chi connectivity index (χ0) is 14.2. The lowest BCUT2D eigenvalue weighted by atomic mass is 9.94. The fourth-order valence-electron chi connectivity index (χ4n) is 2.43. The van der Waals surface area contributed by atoms with Crippen LogP contribution in [0.15, 0.2) is 0 Å². The second-order valence-corrected chi connectivity index (χ2v) is 5.59. The van der Waals surface area contributed by atoms with Crippen molar-refractivity contribution in [1.82, 2.24) is 9.55 Å². The lowest BCUT2D eigenvalue weighted by molar-refractivity contribution is -0.388. The molecule has 106 valence electrons. The van der Waals surface area contributed by atoms with Crippen LogP contribution in [0.5, 0.6) is 0 Å². The van der Waals surface area contributed by atoms with E-state index < -0.39 is 4.92 Å². The van der Waals surface area contributed by atoms with Crippen LogP contribution >= 0.6 is 0 Å². The third-order valence-corrected chi connectivity index (χ3v) is 3.51. The van der Waals surface area contributed by atoms with Crippen LogP contribution in [-0.2, 0) is 11.8 Å². The zero-order valence-electron chi connectivity index (χ0n) is 11.8. The Morgan fingerprint density at radius 1 is 1.58 bits per heavy atom. The number of aromatic nitrogens is 2. The third kappa shape index (κ3) is 2.86. The number of rotatable bonds is 3. The summed E-state index contributed by atoms with van der Waals surface area (Å²) in [7, 11) is 1.78. The Morgan fingerprint density at radius 3 is 2.84 bits per heavy atom. The van der Waals surface area contributed by atoms with Gasteiger partial charge in [-0.2, -0.15) is 0 Å². The number of hydrogen-bond donors (Lipinski definition) is 1. The first-order chi connectivity index (χ1) is 8.80. The van der Waals surface area contributed by atoms with Gasteiger partial charge in [0.05, 0.1) is 5.60 Å². The minimum Gasteiger partial charge on any atom is -0.375 e. The number of hydrogen-bond acceptors (Lipinski definition) is 5. The summed E-state index contributed by atoms with van der Waals surface area (Å²) in [5, 5.41) is 14.3. The molecule has 0 amide bonds. The molecule has 2 rings (SSSR count). The summed E-state index contributed by atoms with van der Waals surface area (Å²) in [6.45, 7) is 6.48. The van der Waals surface area contributed by atoms with Crippen LogP contribution in [0.1, 0.15) is 32.5 Å². The Morgan fingerprint density at radius 2 is 2.26 bits per heavy atom. The highest BCUT2D eigenvalue weighted by atomic mass is 16.6. The lowest BCUT2D eigenvalue weighted by Crippen LogP contribution is -2.40. The van der Waals surface area contributed by atoms with Gasteiger partial charge in [0.15, 0.2) is 0 Å². The summed E-state index contributed by atoms with van der Waals surface area (Å²) in [5.41, 5.74) is -0.196. The second-order valence-electron chi connectivity index (χ2n) is 5.59. The van der Waals surface area contributed by atoms with Crippen molar-refractivity contribution in [3.63, 3.8) is 0 Å². The second kappa shape index (κ2) is 4.80. The van der Waals surface area contributed by atoms with Crippen molar-refractivity contribution in [2.45, 2.75) is 45.3 Å². The summed E-state index contributed by atoms with van der Waals surface area (Å²) < 4.78 is 7.37. The fourth-order valence-corrected chi connectivity index (χ4v) is 2.43. The molecule has 19 heavy (non-hydrogen) atoms. The number of aryl methyl sites for hydroxylation is 1. The molecule has 1 aliphatic heterocycles. The Bertz CT molecular complexity index is 495. The first-order valence-electron chi connectivity index (χ1n) is 6.38. The highest BCUT2D eigenvalue weighted by Gasteiger charge is 2.32. The Labute approximate surface area is 112 Å².